The summed E-state index contributed by atoms with van der Waals surface area (Å²) >= 11 is 1.63. The predicted octanol–water partition coefficient (Wildman–Crippen LogP) is 5.94. The Bertz CT molecular complexity index is 1480. The van der Waals surface area contributed by atoms with E-state index < -0.39 is 18.8 Å². The van der Waals surface area contributed by atoms with Gasteiger partial charge in [0.2, 0.25) is 0 Å². The lowest BCUT2D eigenvalue weighted by Gasteiger charge is -2.33. The third-order valence-corrected chi connectivity index (χ3v) is 8.58. The molecule has 0 spiro atoms. The Hall–Kier alpha value is -3.41. The van der Waals surface area contributed by atoms with E-state index in [0.717, 1.165) is 40.6 Å². The second-order valence-electron chi connectivity index (χ2n) is 10.9. The summed E-state index contributed by atoms with van der Waals surface area (Å²) in [7, 11) is 0. The molecule has 0 radical (unpaired) electrons. The number of nitrogens with zero attached hydrogens (tertiary/aromatic N) is 2. The maximum atomic E-state index is 13.2. The average Bonchev–Trinajstić information content (AvgIpc) is 3.48. The maximum absolute atomic E-state index is 13.2. The number of rotatable bonds is 9. The number of alkyl halides is 3. The van der Waals surface area contributed by atoms with Crippen LogP contribution < -0.4 is 10.1 Å². The van der Waals surface area contributed by atoms with Gasteiger partial charge in [-0.1, -0.05) is 0 Å². The van der Waals surface area contributed by atoms with E-state index in [4.69, 9.17) is 4.74 Å². The Morgan fingerprint density at radius 3 is 2.54 bits per heavy atom. The number of carbonyl (C=O) groups is 1. The van der Waals surface area contributed by atoms with E-state index in [2.05, 4.69) is 27.0 Å². The van der Waals surface area contributed by atoms with Gasteiger partial charge in [-0.25, -0.2) is 0 Å². The highest BCUT2D eigenvalue weighted by atomic mass is 32.1. The number of β-amino-alcohol motifs (C(OH)–C–C–N with tert-alkyl or cyclic N) is 1. The van der Waals surface area contributed by atoms with Crippen molar-refractivity contribution in [1.29, 1.82) is 0 Å². The van der Waals surface area contributed by atoms with Crippen molar-refractivity contribution in [2.24, 2.45) is 5.92 Å². The van der Waals surface area contributed by atoms with E-state index in [9.17, 15) is 23.1 Å². The first-order valence-electron chi connectivity index (χ1n) is 13.8. The molecule has 1 unspecified atom stereocenters. The van der Waals surface area contributed by atoms with Gasteiger partial charge in [0, 0.05) is 36.1 Å². The minimum absolute atomic E-state index is 0.0273. The number of likely N-dealkylation sites (tertiary alicyclic amines) is 1. The Morgan fingerprint density at radius 1 is 1.12 bits per heavy atom. The third-order valence-electron chi connectivity index (χ3n) is 7.88. The first kappa shape index (κ1) is 27.7. The lowest BCUT2D eigenvalue weighted by atomic mass is 10.0. The van der Waals surface area contributed by atoms with E-state index in [-0.39, 0.29) is 18.1 Å². The molecule has 2 aromatic heterocycles. The van der Waals surface area contributed by atoms with Crippen LogP contribution in [0, 0.1) is 5.92 Å². The van der Waals surface area contributed by atoms with Crippen LogP contribution in [-0.4, -0.2) is 64.1 Å². The van der Waals surface area contributed by atoms with Crippen LogP contribution in [0.4, 0.5) is 13.2 Å². The van der Waals surface area contributed by atoms with Gasteiger partial charge in [-0.2, -0.15) is 29.6 Å². The molecule has 7 nitrogen and oxygen atoms in total. The number of carbonyl (C=O) groups excluding carboxylic acids is 1. The highest BCUT2D eigenvalue weighted by molar-refractivity contribution is 7.08. The van der Waals surface area contributed by atoms with Crippen LogP contribution in [0.1, 0.15) is 47.6 Å². The molecule has 3 N–H and O–H groups in total. The molecule has 1 saturated heterocycles. The normalized spacial score (nSPS) is 18.3. The molecule has 3 heterocycles. The SMILES string of the molecule is O=C(N[C@@H](c1ccsc1)C1CC1)c1ccc2[nH]nc(-c3ccc(OC4CCN(CC(O)C(F)(F)F)CC4)cc3)c2c1. The monoisotopic (exact) mass is 584 g/mol. The van der Waals surface area contributed by atoms with Crippen LogP contribution in [-0.2, 0) is 0 Å². The fraction of sp³-hybridized carbons (Fsp3) is 0.400. The van der Waals surface area contributed by atoms with Crippen molar-refractivity contribution < 1.29 is 27.8 Å². The van der Waals surface area contributed by atoms with Crippen molar-refractivity contribution in [3.8, 4) is 17.0 Å². The Kier molecular flexibility index (Phi) is 7.76. The number of aromatic nitrogens is 2. The molecule has 6 rings (SSSR count). The molecule has 2 fully saturated rings. The van der Waals surface area contributed by atoms with Crippen molar-refractivity contribution >= 4 is 28.1 Å². The first-order valence-corrected chi connectivity index (χ1v) is 14.7. The lowest BCUT2D eigenvalue weighted by molar-refractivity contribution is -0.208. The van der Waals surface area contributed by atoms with Crippen LogP contribution in [0.5, 0.6) is 5.75 Å². The number of thiophene rings is 1. The Morgan fingerprint density at radius 2 is 1.88 bits per heavy atom. The zero-order valence-electron chi connectivity index (χ0n) is 22.2. The van der Waals surface area contributed by atoms with Crippen LogP contribution in [0.3, 0.4) is 0 Å². The number of aliphatic hydroxyl groups excluding tert-OH is 1. The summed E-state index contributed by atoms with van der Waals surface area (Å²) in [6.07, 6.45) is -3.65. The zero-order valence-corrected chi connectivity index (χ0v) is 23.0. The minimum Gasteiger partial charge on any atom is -0.490 e. The number of aliphatic hydroxyl groups is 1. The largest absolute Gasteiger partial charge is 0.490 e. The number of piperidine rings is 1. The highest BCUT2D eigenvalue weighted by Crippen LogP contribution is 2.41. The molecule has 1 aliphatic carbocycles. The molecule has 0 bridgehead atoms. The number of aromatic amines is 1. The molecule has 41 heavy (non-hydrogen) atoms. The minimum atomic E-state index is -4.61. The predicted molar refractivity (Wildman–Crippen MR) is 151 cm³/mol. The summed E-state index contributed by atoms with van der Waals surface area (Å²) in [6.45, 7) is 0.445. The average molecular weight is 585 g/mol. The number of fused-ring (bicyclic) bond motifs is 1. The molecule has 2 aromatic carbocycles. The number of ether oxygens (including phenoxy) is 1. The number of benzene rings is 2. The van der Waals surface area contributed by atoms with Gasteiger partial charge in [-0.3, -0.25) is 9.89 Å². The number of H-pyrrole nitrogens is 1. The Labute approximate surface area is 239 Å². The van der Waals surface area contributed by atoms with Crippen molar-refractivity contribution in [3.05, 3.63) is 70.4 Å². The maximum Gasteiger partial charge on any atom is 0.415 e. The molecular formula is C30H31F3N4O3S. The zero-order chi connectivity index (χ0) is 28.6. The van der Waals surface area contributed by atoms with Gasteiger partial charge in [-0.15, -0.1) is 0 Å². The van der Waals surface area contributed by atoms with Gasteiger partial charge in [-0.05, 0) is 96.5 Å². The van der Waals surface area contributed by atoms with Gasteiger partial charge in [0.25, 0.3) is 5.91 Å². The number of nitrogens with one attached hydrogen (secondary N) is 2. The van der Waals surface area contributed by atoms with Gasteiger partial charge in [0.1, 0.15) is 11.9 Å². The summed E-state index contributed by atoms with van der Waals surface area (Å²) in [6, 6.07) is 15.2. The lowest BCUT2D eigenvalue weighted by Crippen LogP contribution is -2.45. The molecule has 4 aromatic rings. The number of amides is 1. The quantitative estimate of drug-likeness (QED) is 0.227. The summed E-state index contributed by atoms with van der Waals surface area (Å²) in [5, 5.41) is 25.1. The third kappa shape index (κ3) is 6.42. The van der Waals surface area contributed by atoms with Crippen molar-refractivity contribution in [2.75, 3.05) is 19.6 Å². The first-order chi connectivity index (χ1) is 19.7. The van der Waals surface area contributed by atoms with Gasteiger partial charge >= 0.3 is 6.18 Å². The van der Waals surface area contributed by atoms with Gasteiger partial charge in [0.15, 0.2) is 6.10 Å². The molecule has 1 aliphatic heterocycles. The summed E-state index contributed by atoms with van der Waals surface area (Å²) in [5.41, 5.74) is 4.16. The smallest absolute Gasteiger partial charge is 0.415 e. The molecule has 2 aliphatic rings. The fourth-order valence-electron chi connectivity index (χ4n) is 5.40. The molecule has 216 valence electrons. The summed E-state index contributed by atoms with van der Waals surface area (Å²) in [4.78, 5) is 14.8. The second kappa shape index (κ2) is 11.5. The standard InChI is InChI=1S/C30H31F3N4O3S/c31-30(32,33)26(38)16-37-12-9-23(10-13-37)40-22-6-3-19(4-7-22)28-24-15-20(5-8-25(24)35-36-28)29(39)34-27(18-1-2-18)21-11-14-41-17-21/h3-8,11,14-15,17-18,23,26-27,38H,1-2,9-10,12-13,16H2,(H,34,39)(H,35,36)/t26?,27-/m1/s1. The van der Waals surface area contributed by atoms with E-state index in [0.29, 0.717) is 43.2 Å². The van der Waals surface area contributed by atoms with Crippen LogP contribution in [0.25, 0.3) is 22.2 Å². The summed E-state index contributed by atoms with van der Waals surface area (Å²) < 4.78 is 44.0. The van der Waals surface area contributed by atoms with E-state index in [1.165, 1.54) is 0 Å². The van der Waals surface area contributed by atoms with Crippen LogP contribution in [0.2, 0.25) is 0 Å². The number of hydrogen-bond acceptors (Lipinski definition) is 6. The number of hydrogen-bond donors (Lipinski definition) is 3. The number of halogens is 3. The van der Waals surface area contributed by atoms with E-state index in [1.54, 1.807) is 16.2 Å². The van der Waals surface area contributed by atoms with E-state index in [1.807, 2.05) is 47.8 Å². The highest BCUT2D eigenvalue weighted by Gasteiger charge is 2.39. The molecule has 1 amide bonds. The van der Waals surface area contributed by atoms with Crippen molar-refractivity contribution in [2.45, 2.75) is 50.1 Å². The topological polar surface area (TPSA) is 90.5 Å². The van der Waals surface area contributed by atoms with Gasteiger partial charge in [0.05, 0.1) is 17.3 Å². The fourth-order valence-corrected chi connectivity index (χ4v) is 6.09. The van der Waals surface area contributed by atoms with Crippen LogP contribution >= 0.6 is 11.3 Å². The molecular weight excluding hydrogens is 553 g/mol. The van der Waals surface area contributed by atoms with Crippen molar-refractivity contribution in [3.63, 3.8) is 0 Å². The van der Waals surface area contributed by atoms with Crippen LogP contribution in [0.15, 0.2) is 59.3 Å². The summed E-state index contributed by atoms with van der Waals surface area (Å²) in [5.74, 6) is 1.05. The molecule has 11 heteroatoms. The van der Waals surface area contributed by atoms with E-state index >= 15 is 0 Å². The Balaban J connectivity index is 1.10. The molecule has 2 atom stereocenters. The second-order valence-corrected chi connectivity index (χ2v) is 11.7. The van der Waals surface area contributed by atoms with Crippen molar-refractivity contribution in [1.82, 2.24) is 20.4 Å². The van der Waals surface area contributed by atoms with Gasteiger partial charge < -0.3 is 20.1 Å². The molecule has 1 saturated carbocycles.